The number of benzene rings is 2. The largest absolute Gasteiger partial charge is 0.497 e. The van der Waals surface area contributed by atoms with Crippen LogP contribution in [0, 0.1) is 0 Å². The highest BCUT2D eigenvalue weighted by molar-refractivity contribution is 6.30. The topological polar surface area (TPSA) is 60.3 Å². The van der Waals surface area contributed by atoms with Gasteiger partial charge in [0.05, 0.1) is 12.8 Å². The fourth-order valence-corrected chi connectivity index (χ4v) is 2.99. The van der Waals surface area contributed by atoms with Gasteiger partial charge in [0, 0.05) is 36.9 Å². The molecule has 0 atom stereocenters. The standard InChI is InChI=1S/C18H21ClN4O2/c1-25-17-7-5-16(6-8-17)22-9-11-23(12-10-22)18(21-24)20-15-4-2-3-14(19)13-15/h2-8,13,24H,9-12H2,1H3,(H,20,21). The van der Waals surface area contributed by atoms with E-state index in [1.54, 1.807) is 19.2 Å². The Morgan fingerprint density at radius 3 is 2.44 bits per heavy atom. The molecule has 7 heteroatoms. The first kappa shape index (κ1) is 17.4. The molecule has 0 saturated carbocycles. The zero-order valence-corrected chi connectivity index (χ0v) is 14.8. The SMILES string of the molecule is COc1ccc(N2CCN(C(=Nc3cccc(Cl)c3)NO)CC2)cc1. The van der Waals surface area contributed by atoms with Gasteiger partial charge in [-0.15, -0.1) is 0 Å². The minimum Gasteiger partial charge on any atom is -0.497 e. The molecule has 2 aromatic rings. The number of rotatable bonds is 3. The second kappa shape index (κ2) is 8.09. The molecule has 0 radical (unpaired) electrons. The monoisotopic (exact) mass is 360 g/mol. The lowest BCUT2D eigenvalue weighted by molar-refractivity contribution is 0.207. The number of anilines is 1. The second-order valence-corrected chi connectivity index (χ2v) is 6.14. The van der Waals surface area contributed by atoms with Crippen LogP contribution in [0.15, 0.2) is 53.5 Å². The summed E-state index contributed by atoms with van der Waals surface area (Å²) in [6, 6.07) is 15.3. The van der Waals surface area contributed by atoms with Gasteiger partial charge in [0.15, 0.2) is 0 Å². The molecule has 2 N–H and O–H groups in total. The molecule has 0 aliphatic carbocycles. The Bertz CT molecular complexity index is 728. The molecule has 3 rings (SSSR count). The van der Waals surface area contributed by atoms with Crippen molar-refractivity contribution in [3.05, 3.63) is 53.6 Å². The first-order chi connectivity index (χ1) is 12.2. The number of nitrogens with zero attached hydrogens (tertiary/aromatic N) is 3. The third kappa shape index (κ3) is 4.35. The summed E-state index contributed by atoms with van der Waals surface area (Å²) >= 11 is 5.98. The van der Waals surface area contributed by atoms with E-state index in [-0.39, 0.29) is 0 Å². The Labute approximate surface area is 152 Å². The number of methoxy groups -OCH3 is 1. The predicted octanol–water partition coefficient (Wildman–Crippen LogP) is 3.14. The van der Waals surface area contributed by atoms with Crippen LogP contribution in [0.1, 0.15) is 0 Å². The molecular formula is C18H21ClN4O2. The van der Waals surface area contributed by atoms with Gasteiger partial charge in [0.25, 0.3) is 0 Å². The number of hydroxylamine groups is 1. The molecule has 0 aromatic heterocycles. The fourth-order valence-electron chi connectivity index (χ4n) is 2.80. The van der Waals surface area contributed by atoms with E-state index >= 15 is 0 Å². The molecule has 0 unspecified atom stereocenters. The van der Waals surface area contributed by atoms with Crippen molar-refractivity contribution >= 4 is 28.9 Å². The highest BCUT2D eigenvalue weighted by Crippen LogP contribution is 2.21. The van der Waals surface area contributed by atoms with Gasteiger partial charge >= 0.3 is 0 Å². The molecule has 1 heterocycles. The van der Waals surface area contributed by atoms with Gasteiger partial charge in [-0.25, -0.2) is 10.5 Å². The normalized spacial score (nSPS) is 15.2. The Morgan fingerprint density at radius 1 is 1.12 bits per heavy atom. The molecular weight excluding hydrogens is 340 g/mol. The number of hydrogen-bond acceptors (Lipinski definition) is 4. The summed E-state index contributed by atoms with van der Waals surface area (Å²) in [6.45, 7) is 3.17. The molecule has 1 fully saturated rings. The summed E-state index contributed by atoms with van der Waals surface area (Å²) in [6.07, 6.45) is 0. The van der Waals surface area contributed by atoms with Crippen LogP contribution < -0.4 is 15.1 Å². The maximum atomic E-state index is 9.47. The molecule has 132 valence electrons. The highest BCUT2D eigenvalue weighted by Gasteiger charge is 2.20. The van der Waals surface area contributed by atoms with Crippen LogP contribution in [0.2, 0.25) is 5.02 Å². The predicted molar refractivity (Wildman–Crippen MR) is 100 cm³/mol. The Hall–Kier alpha value is -2.44. The molecule has 1 saturated heterocycles. The third-order valence-corrected chi connectivity index (χ3v) is 4.40. The zero-order chi connectivity index (χ0) is 17.6. The second-order valence-electron chi connectivity index (χ2n) is 5.70. The van der Waals surface area contributed by atoms with Crippen LogP contribution in [0.5, 0.6) is 5.75 Å². The highest BCUT2D eigenvalue weighted by atomic mass is 35.5. The Balaban J connectivity index is 1.65. The van der Waals surface area contributed by atoms with Gasteiger partial charge in [-0.3, -0.25) is 5.21 Å². The van der Waals surface area contributed by atoms with Crippen LogP contribution in [0.4, 0.5) is 11.4 Å². The van der Waals surface area contributed by atoms with Gasteiger partial charge in [-0.1, -0.05) is 17.7 Å². The first-order valence-electron chi connectivity index (χ1n) is 8.08. The van der Waals surface area contributed by atoms with E-state index in [1.807, 2.05) is 29.2 Å². The van der Waals surface area contributed by atoms with Crippen LogP contribution in [-0.4, -0.2) is 49.4 Å². The number of nitrogens with one attached hydrogen (secondary N) is 1. The number of piperazine rings is 1. The molecule has 25 heavy (non-hydrogen) atoms. The lowest BCUT2D eigenvalue weighted by atomic mass is 10.2. The summed E-state index contributed by atoms with van der Waals surface area (Å²) < 4.78 is 5.20. The van der Waals surface area contributed by atoms with Gasteiger partial charge in [-0.05, 0) is 42.5 Å². The van der Waals surface area contributed by atoms with E-state index in [9.17, 15) is 5.21 Å². The van der Waals surface area contributed by atoms with Crippen molar-refractivity contribution in [3.8, 4) is 5.75 Å². The summed E-state index contributed by atoms with van der Waals surface area (Å²) in [5.74, 6) is 1.28. The van der Waals surface area contributed by atoms with Crippen molar-refractivity contribution in [3.63, 3.8) is 0 Å². The van der Waals surface area contributed by atoms with Gasteiger partial charge in [-0.2, -0.15) is 0 Å². The fraction of sp³-hybridized carbons (Fsp3) is 0.278. The summed E-state index contributed by atoms with van der Waals surface area (Å²) in [7, 11) is 1.66. The summed E-state index contributed by atoms with van der Waals surface area (Å²) in [4.78, 5) is 8.75. The minimum absolute atomic E-state index is 0.427. The average Bonchev–Trinajstić information content (AvgIpc) is 2.66. The van der Waals surface area contributed by atoms with E-state index < -0.39 is 0 Å². The lowest BCUT2D eigenvalue weighted by Gasteiger charge is -2.37. The van der Waals surface area contributed by atoms with E-state index in [1.165, 1.54) is 0 Å². The summed E-state index contributed by atoms with van der Waals surface area (Å²) in [5.41, 5.74) is 4.06. The average molecular weight is 361 g/mol. The quantitative estimate of drug-likeness (QED) is 0.500. The number of aliphatic imine (C=N–C) groups is 1. The van der Waals surface area contributed by atoms with Gasteiger partial charge < -0.3 is 14.5 Å². The molecule has 1 aliphatic rings. The maximum absolute atomic E-state index is 9.47. The van der Waals surface area contributed by atoms with Crippen molar-refractivity contribution in [2.45, 2.75) is 0 Å². The summed E-state index contributed by atoms with van der Waals surface area (Å²) in [5, 5.41) is 10.1. The van der Waals surface area contributed by atoms with E-state index in [0.717, 1.165) is 37.6 Å². The molecule has 6 nitrogen and oxygen atoms in total. The zero-order valence-electron chi connectivity index (χ0n) is 14.0. The Morgan fingerprint density at radius 2 is 1.84 bits per heavy atom. The molecule has 0 amide bonds. The molecule has 2 aromatic carbocycles. The molecule has 0 spiro atoms. The smallest absolute Gasteiger partial charge is 0.223 e. The van der Waals surface area contributed by atoms with Crippen molar-refractivity contribution in [2.24, 2.45) is 4.99 Å². The maximum Gasteiger partial charge on any atom is 0.223 e. The van der Waals surface area contributed by atoms with Crippen molar-refractivity contribution in [2.75, 3.05) is 38.2 Å². The third-order valence-electron chi connectivity index (χ3n) is 4.16. The van der Waals surface area contributed by atoms with Crippen LogP contribution >= 0.6 is 11.6 Å². The Kier molecular flexibility index (Phi) is 5.63. The van der Waals surface area contributed by atoms with Crippen LogP contribution in [0.3, 0.4) is 0 Å². The van der Waals surface area contributed by atoms with E-state index in [0.29, 0.717) is 16.7 Å². The van der Waals surface area contributed by atoms with E-state index in [2.05, 4.69) is 27.5 Å². The van der Waals surface area contributed by atoms with Crippen molar-refractivity contribution in [1.29, 1.82) is 0 Å². The number of halogens is 1. The minimum atomic E-state index is 0.427. The first-order valence-corrected chi connectivity index (χ1v) is 8.45. The van der Waals surface area contributed by atoms with Crippen molar-refractivity contribution < 1.29 is 9.94 Å². The van der Waals surface area contributed by atoms with E-state index in [4.69, 9.17) is 16.3 Å². The van der Waals surface area contributed by atoms with Gasteiger partial charge in [0.2, 0.25) is 5.96 Å². The van der Waals surface area contributed by atoms with Crippen molar-refractivity contribution in [1.82, 2.24) is 10.4 Å². The number of guanidine groups is 1. The number of hydrogen-bond donors (Lipinski definition) is 2. The van der Waals surface area contributed by atoms with Crippen LogP contribution in [-0.2, 0) is 0 Å². The molecule has 1 aliphatic heterocycles. The lowest BCUT2D eigenvalue weighted by Crippen LogP contribution is -2.52. The number of ether oxygens (including phenoxy) is 1. The molecule has 0 bridgehead atoms. The van der Waals surface area contributed by atoms with Crippen LogP contribution in [0.25, 0.3) is 0 Å². The van der Waals surface area contributed by atoms with Gasteiger partial charge in [0.1, 0.15) is 5.75 Å².